The Bertz CT molecular complexity index is 3580. The number of aromatic nitrogens is 3. The van der Waals surface area contributed by atoms with Crippen molar-refractivity contribution in [3.05, 3.63) is 285 Å². The summed E-state index contributed by atoms with van der Waals surface area (Å²) in [7, 11) is 0. The predicted octanol–water partition coefficient (Wildman–Crippen LogP) is 18.2. The lowest BCUT2D eigenvalue weighted by Crippen LogP contribution is -2.01. The summed E-state index contributed by atoms with van der Waals surface area (Å²) in [5, 5.41) is 0. The van der Waals surface area contributed by atoms with Gasteiger partial charge < -0.3 is 0 Å². The van der Waals surface area contributed by atoms with Crippen molar-refractivity contribution in [1.82, 2.24) is 15.0 Å². The molecule has 0 aliphatic carbocycles. The molecule has 0 N–H and O–H groups in total. The van der Waals surface area contributed by atoms with Crippen LogP contribution in [0, 0.1) is 0 Å². The van der Waals surface area contributed by atoms with Crippen molar-refractivity contribution in [3.8, 4) is 123 Å². The lowest BCUT2D eigenvalue weighted by molar-refractivity contribution is 1.18. The molecule has 3 nitrogen and oxygen atoms in total. The van der Waals surface area contributed by atoms with Gasteiger partial charge in [0.25, 0.3) is 0 Å². The Morgan fingerprint density at radius 3 is 0.917 bits per heavy atom. The third-order valence-electron chi connectivity index (χ3n) is 13.3. The molecule has 0 aliphatic rings. The van der Waals surface area contributed by atoms with Crippen LogP contribution in [0.2, 0.25) is 0 Å². The second-order valence-corrected chi connectivity index (χ2v) is 17.9. The molecule has 0 saturated carbocycles. The lowest BCUT2D eigenvalue weighted by atomic mass is 9.82. The third-order valence-corrected chi connectivity index (χ3v) is 13.3. The highest BCUT2D eigenvalue weighted by atomic mass is 14.9. The average molecular weight is 918 g/mol. The Morgan fingerprint density at radius 1 is 0.167 bits per heavy atom. The molecular weight excluding hydrogens is 871 g/mol. The molecule has 0 aliphatic heterocycles. The Morgan fingerprint density at radius 2 is 0.472 bits per heavy atom. The van der Waals surface area contributed by atoms with Gasteiger partial charge in [0.1, 0.15) is 0 Å². The molecule has 0 unspecified atom stereocenters. The highest BCUT2D eigenvalue weighted by Crippen LogP contribution is 2.49. The fraction of sp³-hybridized carbons (Fsp3) is 0. The van der Waals surface area contributed by atoms with E-state index in [0.29, 0.717) is 5.82 Å². The summed E-state index contributed by atoms with van der Waals surface area (Å²) < 4.78 is 0. The van der Waals surface area contributed by atoms with E-state index < -0.39 is 0 Å². The van der Waals surface area contributed by atoms with E-state index in [1.807, 2.05) is 12.1 Å². The minimum atomic E-state index is 0.671. The van der Waals surface area contributed by atoms with Crippen LogP contribution in [-0.2, 0) is 0 Å². The molecule has 0 radical (unpaired) electrons. The van der Waals surface area contributed by atoms with E-state index in [0.717, 1.165) is 106 Å². The van der Waals surface area contributed by atoms with Gasteiger partial charge in [-0.2, -0.15) is 0 Å². The van der Waals surface area contributed by atoms with E-state index >= 15 is 0 Å². The Kier molecular flexibility index (Phi) is 12.0. The standard InChI is InChI=1S/C69H47N3/c1-7-21-48(22-8-1)50-37-41-52(42-38-50)62-47-63(71-69(70-62)57-43-39-51(40-44-57)49-23-9-2-10-24-49)60-35-19-33-58(45-60)59-34-20-36-61(46-59)64-65(53-25-11-3-12-26-53)67(55-29-15-5-16-30-55)72-68(56-31-17-6-18-32-56)66(64)54-27-13-4-14-28-54/h1-47H. The van der Waals surface area contributed by atoms with Crippen LogP contribution in [0.25, 0.3) is 123 Å². The van der Waals surface area contributed by atoms with Gasteiger partial charge in [0.05, 0.1) is 22.8 Å². The van der Waals surface area contributed by atoms with Gasteiger partial charge in [-0.05, 0) is 68.3 Å². The summed E-state index contributed by atoms with van der Waals surface area (Å²) >= 11 is 0. The van der Waals surface area contributed by atoms with Gasteiger partial charge in [-0.25, -0.2) is 15.0 Å². The zero-order valence-corrected chi connectivity index (χ0v) is 39.5. The first-order valence-corrected chi connectivity index (χ1v) is 24.4. The number of hydrogen-bond acceptors (Lipinski definition) is 3. The fourth-order valence-electron chi connectivity index (χ4n) is 9.75. The number of pyridine rings is 1. The first-order valence-electron chi connectivity index (χ1n) is 24.4. The lowest BCUT2D eigenvalue weighted by Gasteiger charge is -2.23. The highest BCUT2D eigenvalue weighted by Gasteiger charge is 2.25. The second kappa shape index (κ2) is 19.8. The van der Waals surface area contributed by atoms with E-state index in [1.54, 1.807) is 0 Å². The van der Waals surface area contributed by atoms with Crippen molar-refractivity contribution < 1.29 is 0 Å². The summed E-state index contributed by atoms with van der Waals surface area (Å²) in [5.74, 6) is 0.671. The van der Waals surface area contributed by atoms with Gasteiger partial charge in [0, 0.05) is 44.5 Å². The number of benzene rings is 10. The third kappa shape index (κ3) is 8.95. The van der Waals surface area contributed by atoms with E-state index in [9.17, 15) is 0 Å². The van der Waals surface area contributed by atoms with E-state index in [2.05, 4.69) is 273 Å². The molecule has 0 bridgehead atoms. The molecule has 10 aromatic carbocycles. The number of hydrogen-bond donors (Lipinski definition) is 0. The van der Waals surface area contributed by atoms with Crippen LogP contribution in [0.3, 0.4) is 0 Å². The second-order valence-electron chi connectivity index (χ2n) is 17.9. The maximum Gasteiger partial charge on any atom is 0.160 e. The topological polar surface area (TPSA) is 38.7 Å². The van der Waals surface area contributed by atoms with Crippen molar-refractivity contribution >= 4 is 0 Å². The van der Waals surface area contributed by atoms with Crippen LogP contribution in [0.4, 0.5) is 0 Å². The first kappa shape index (κ1) is 43.7. The van der Waals surface area contributed by atoms with Gasteiger partial charge in [-0.15, -0.1) is 0 Å². The van der Waals surface area contributed by atoms with Crippen LogP contribution < -0.4 is 0 Å². The Balaban J connectivity index is 1.02. The van der Waals surface area contributed by atoms with Crippen molar-refractivity contribution in [3.63, 3.8) is 0 Å². The summed E-state index contributed by atoms with van der Waals surface area (Å²) in [5.41, 5.74) is 22.1. The minimum absolute atomic E-state index is 0.671. The quantitative estimate of drug-likeness (QED) is 0.130. The molecule has 2 aromatic heterocycles. The van der Waals surface area contributed by atoms with Crippen LogP contribution in [0.5, 0.6) is 0 Å². The van der Waals surface area contributed by atoms with Gasteiger partial charge in [0.15, 0.2) is 5.82 Å². The predicted molar refractivity (Wildman–Crippen MR) is 300 cm³/mol. The van der Waals surface area contributed by atoms with Gasteiger partial charge in [-0.3, -0.25) is 0 Å². The van der Waals surface area contributed by atoms with Crippen molar-refractivity contribution in [2.24, 2.45) is 0 Å². The molecule has 12 aromatic rings. The van der Waals surface area contributed by atoms with E-state index in [-0.39, 0.29) is 0 Å². The van der Waals surface area contributed by atoms with Crippen LogP contribution in [-0.4, -0.2) is 15.0 Å². The van der Waals surface area contributed by atoms with Gasteiger partial charge in [-0.1, -0.05) is 267 Å². The molecule has 3 heteroatoms. The molecule has 0 fully saturated rings. The first-order chi connectivity index (χ1) is 35.7. The number of nitrogens with zero attached hydrogens (tertiary/aromatic N) is 3. The molecule has 2 heterocycles. The van der Waals surface area contributed by atoms with Crippen LogP contribution in [0.15, 0.2) is 285 Å². The molecule has 0 atom stereocenters. The zero-order valence-electron chi connectivity index (χ0n) is 39.5. The normalized spacial score (nSPS) is 11.1. The smallest absolute Gasteiger partial charge is 0.160 e. The minimum Gasteiger partial charge on any atom is -0.246 e. The van der Waals surface area contributed by atoms with Gasteiger partial charge >= 0.3 is 0 Å². The monoisotopic (exact) mass is 917 g/mol. The van der Waals surface area contributed by atoms with Crippen LogP contribution >= 0.6 is 0 Å². The summed E-state index contributed by atoms with van der Waals surface area (Å²) in [6.07, 6.45) is 0. The summed E-state index contributed by atoms with van der Waals surface area (Å²) in [6.45, 7) is 0. The largest absolute Gasteiger partial charge is 0.246 e. The molecule has 0 amide bonds. The molecule has 72 heavy (non-hydrogen) atoms. The SMILES string of the molecule is c1ccc(-c2ccc(-c3cc(-c4cccc(-c5cccc(-c6c(-c7ccccc7)c(-c7ccccc7)nc(-c7ccccc7)c6-c6ccccc6)c5)c4)nc(-c4ccc(-c5ccccc5)cc4)n3)cc2)cc1. The van der Waals surface area contributed by atoms with Crippen molar-refractivity contribution in [1.29, 1.82) is 0 Å². The van der Waals surface area contributed by atoms with Crippen molar-refractivity contribution in [2.45, 2.75) is 0 Å². The van der Waals surface area contributed by atoms with Gasteiger partial charge in [0.2, 0.25) is 0 Å². The summed E-state index contributed by atoms with van der Waals surface area (Å²) in [4.78, 5) is 16.2. The van der Waals surface area contributed by atoms with E-state index in [4.69, 9.17) is 15.0 Å². The zero-order chi connectivity index (χ0) is 48.1. The Hall–Kier alpha value is -9.57. The molecule has 12 rings (SSSR count). The maximum atomic E-state index is 5.66. The highest BCUT2D eigenvalue weighted by molar-refractivity contribution is 6.05. The fourth-order valence-corrected chi connectivity index (χ4v) is 9.75. The molecule has 338 valence electrons. The average Bonchev–Trinajstić information content (AvgIpc) is 3.48. The molecule has 0 saturated heterocycles. The molecule has 0 spiro atoms. The van der Waals surface area contributed by atoms with E-state index in [1.165, 1.54) is 11.1 Å². The van der Waals surface area contributed by atoms with Crippen LogP contribution in [0.1, 0.15) is 0 Å². The Labute approximate surface area is 421 Å². The van der Waals surface area contributed by atoms with Crippen molar-refractivity contribution in [2.75, 3.05) is 0 Å². The molecular formula is C69H47N3. The maximum absolute atomic E-state index is 5.66. The number of rotatable bonds is 11. The summed E-state index contributed by atoms with van der Waals surface area (Å²) in [6, 6.07) is 101.